The van der Waals surface area contributed by atoms with Crippen LogP contribution in [-0.2, 0) is 6.54 Å². The Balaban J connectivity index is 1.76. The van der Waals surface area contributed by atoms with Crippen molar-refractivity contribution in [3.63, 3.8) is 0 Å². The molecule has 1 fully saturated rings. The minimum atomic E-state index is -0.228. The second-order valence-electron chi connectivity index (χ2n) is 5.14. The third kappa shape index (κ3) is 3.14. The second kappa shape index (κ2) is 5.59. The minimum absolute atomic E-state index is 0.228. The van der Waals surface area contributed by atoms with E-state index in [1.807, 2.05) is 12.1 Å². The molecule has 3 rings (SSSR count). The number of rotatable bonds is 5. The molecule has 4 heteroatoms. The van der Waals surface area contributed by atoms with E-state index in [0.29, 0.717) is 23.2 Å². The van der Waals surface area contributed by atoms with E-state index in [1.165, 1.54) is 18.9 Å². The summed E-state index contributed by atoms with van der Waals surface area (Å²) in [5.74, 6) is 0.955. The lowest BCUT2D eigenvalue weighted by Gasteiger charge is -2.11. The van der Waals surface area contributed by atoms with E-state index in [1.54, 1.807) is 25.3 Å². The first-order valence-electron chi connectivity index (χ1n) is 6.83. The van der Waals surface area contributed by atoms with E-state index in [4.69, 9.17) is 4.74 Å². The van der Waals surface area contributed by atoms with Crippen molar-refractivity contribution < 1.29 is 9.13 Å². The van der Waals surface area contributed by atoms with Crippen molar-refractivity contribution in [1.82, 2.24) is 10.3 Å². The van der Waals surface area contributed by atoms with Gasteiger partial charge in [-0.3, -0.25) is 0 Å². The number of ether oxygens (including phenoxy) is 1. The van der Waals surface area contributed by atoms with E-state index in [9.17, 15) is 4.39 Å². The number of pyridine rings is 1. The molecule has 0 atom stereocenters. The summed E-state index contributed by atoms with van der Waals surface area (Å²) >= 11 is 0. The van der Waals surface area contributed by atoms with E-state index in [0.717, 1.165) is 12.1 Å². The van der Waals surface area contributed by atoms with E-state index >= 15 is 0 Å². The van der Waals surface area contributed by atoms with Crippen LogP contribution >= 0.6 is 0 Å². The molecular weight excluding hydrogens is 255 g/mol. The van der Waals surface area contributed by atoms with Crippen LogP contribution in [0, 0.1) is 12.7 Å². The number of nitrogens with zero attached hydrogens (tertiary/aromatic N) is 1. The standard InChI is InChI=1S/C16H17FN2O/c1-11-9-14(6-7-15(11)17)20-16-12(3-2-8-18-16)10-19-13-4-5-13/h2-3,6-9,13,19H,4-5,10H2,1H3. The van der Waals surface area contributed by atoms with Gasteiger partial charge in [-0.15, -0.1) is 0 Å². The van der Waals surface area contributed by atoms with Crippen molar-refractivity contribution in [2.24, 2.45) is 0 Å². The van der Waals surface area contributed by atoms with Gasteiger partial charge in [0.05, 0.1) is 0 Å². The van der Waals surface area contributed by atoms with Crippen LogP contribution < -0.4 is 10.1 Å². The molecule has 0 radical (unpaired) electrons. The molecule has 1 heterocycles. The molecule has 1 aliphatic carbocycles. The maximum Gasteiger partial charge on any atom is 0.223 e. The predicted octanol–water partition coefficient (Wildman–Crippen LogP) is 3.57. The number of hydrogen-bond acceptors (Lipinski definition) is 3. The van der Waals surface area contributed by atoms with Gasteiger partial charge in [-0.05, 0) is 49.6 Å². The maximum atomic E-state index is 13.3. The fraction of sp³-hybridized carbons (Fsp3) is 0.312. The number of halogens is 1. The fourth-order valence-electron chi connectivity index (χ4n) is 1.98. The molecule has 0 saturated heterocycles. The molecule has 1 aliphatic rings. The Hall–Kier alpha value is -1.94. The van der Waals surface area contributed by atoms with Crippen molar-refractivity contribution in [2.75, 3.05) is 0 Å². The van der Waals surface area contributed by atoms with Crippen molar-refractivity contribution in [1.29, 1.82) is 0 Å². The number of nitrogens with one attached hydrogen (secondary N) is 1. The first-order valence-corrected chi connectivity index (χ1v) is 6.83. The van der Waals surface area contributed by atoms with Crippen LogP contribution in [-0.4, -0.2) is 11.0 Å². The summed E-state index contributed by atoms with van der Waals surface area (Å²) in [6.07, 6.45) is 4.19. The quantitative estimate of drug-likeness (QED) is 0.903. The highest BCUT2D eigenvalue weighted by Crippen LogP contribution is 2.26. The topological polar surface area (TPSA) is 34.1 Å². The number of aryl methyl sites for hydroxylation is 1. The van der Waals surface area contributed by atoms with Gasteiger partial charge in [0.25, 0.3) is 0 Å². The molecule has 0 unspecified atom stereocenters. The Morgan fingerprint density at radius 3 is 2.95 bits per heavy atom. The highest BCUT2D eigenvalue weighted by molar-refractivity contribution is 5.35. The van der Waals surface area contributed by atoms with Crippen LogP contribution in [0.25, 0.3) is 0 Å². The molecule has 0 amide bonds. The fourth-order valence-corrected chi connectivity index (χ4v) is 1.98. The number of hydrogen-bond donors (Lipinski definition) is 1. The summed E-state index contributed by atoms with van der Waals surface area (Å²) in [4.78, 5) is 4.27. The third-order valence-electron chi connectivity index (χ3n) is 3.35. The summed E-state index contributed by atoms with van der Waals surface area (Å²) in [5.41, 5.74) is 1.58. The molecule has 0 bridgehead atoms. The number of benzene rings is 1. The summed E-state index contributed by atoms with van der Waals surface area (Å²) in [7, 11) is 0. The Labute approximate surface area is 117 Å². The van der Waals surface area contributed by atoms with Crippen molar-refractivity contribution in [2.45, 2.75) is 32.4 Å². The average Bonchev–Trinajstić information content (AvgIpc) is 3.26. The molecule has 3 nitrogen and oxygen atoms in total. The summed E-state index contributed by atoms with van der Waals surface area (Å²) in [5, 5.41) is 3.44. The predicted molar refractivity (Wildman–Crippen MR) is 75.3 cm³/mol. The molecule has 2 aromatic rings. The molecule has 0 aliphatic heterocycles. The van der Waals surface area contributed by atoms with Crippen molar-refractivity contribution >= 4 is 0 Å². The average molecular weight is 272 g/mol. The van der Waals surface area contributed by atoms with Crippen LogP contribution in [0.1, 0.15) is 24.0 Å². The molecule has 104 valence electrons. The molecule has 1 aromatic carbocycles. The highest BCUT2D eigenvalue weighted by Gasteiger charge is 2.20. The molecule has 1 saturated carbocycles. The van der Waals surface area contributed by atoms with Crippen LogP contribution in [0.15, 0.2) is 36.5 Å². The Morgan fingerprint density at radius 2 is 2.20 bits per heavy atom. The van der Waals surface area contributed by atoms with E-state index in [2.05, 4.69) is 10.3 Å². The van der Waals surface area contributed by atoms with Gasteiger partial charge >= 0.3 is 0 Å². The third-order valence-corrected chi connectivity index (χ3v) is 3.35. The van der Waals surface area contributed by atoms with Crippen LogP contribution in [0.2, 0.25) is 0 Å². The molecule has 20 heavy (non-hydrogen) atoms. The lowest BCUT2D eigenvalue weighted by molar-refractivity contribution is 0.450. The first kappa shape index (κ1) is 13.1. The molecule has 1 N–H and O–H groups in total. The summed E-state index contributed by atoms with van der Waals surface area (Å²) < 4.78 is 19.0. The summed E-state index contributed by atoms with van der Waals surface area (Å²) in [6.45, 7) is 2.46. The zero-order chi connectivity index (χ0) is 13.9. The minimum Gasteiger partial charge on any atom is -0.439 e. The van der Waals surface area contributed by atoms with E-state index < -0.39 is 0 Å². The largest absolute Gasteiger partial charge is 0.439 e. The lowest BCUT2D eigenvalue weighted by atomic mass is 10.2. The Morgan fingerprint density at radius 1 is 1.35 bits per heavy atom. The lowest BCUT2D eigenvalue weighted by Crippen LogP contribution is -2.16. The van der Waals surface area contributed by atoms with Gasteiger partial charge in [0.1, 0.15) is 11.6 Å². The SMILES string of the molecule is Cc1cc(Oc2ncccc2CNC2CC2)ccc1F. The molecule has 0 spiro atoms. The van der Waals surface area contributed by atoms with Gasteiger partial charge in [-0.1, -0.05) is 6.07 Å². The second-order valence-corrected chi connectivity index (χ2v) is 5.14. The molecular formula is C16H17FN2O. The zero-order valence-electron chi connectivity index (χ0n) is 11.4. The molecule has 1 aromatic heterocycles. The van der Waals surface area contributed by atoms with Crippen LogP contribution in [0.4, 0.5) is 4.39 Å². The monoisotopic (exact) mass is 272 g/mol. The van der Waals surface area contributed by atoms with Gasteiger partial charge in [0.15, 0.2) is 0 Å². The van der Waals surface area contributed by atoms with Gasteiger partial charge in [0, 0.05) is 24.3 Å². The smallest absolute Gasteiger partial charge is 0.223 e. The Kier molecular flexibility index (Phi) is 3.65. The van der Waals surface area contributed by atoms with E-state index in [-0.39, 0.29) is 5.82 Å². The van der Waals surface area contributed by atoms with Gasteiger partial charge < -0.3 is 10.1 Å². The zero-order valence-corrected chi connectivity index (χ0v) is 11.4. The van der Waals surface area contributed by atoms with Gasteiger partial charge in [-0.2, -0.15) is 0 Å². The van der Waals surface area contributed by atoms with Crippen LogP contribution in [0.5, 0.6) is 11.6 Å². The van der Waals surface area contributed by atoms with Crippen molar-refractivity contribution in [3.05, 3.63) is 53.5 Å². The maximum absolute atomic E-state index is 13.3. The number of aromatic nitrogens is 1. The first-order chi connectivity index (χ1) is 9.72. The Bertz CT molecular complexity index is 611. The van der Waals surface area contributed by atoms with Crippen LogP contribution in [0.3, 0.4) is 0 Å². The highest BCUT2D eigenvalue weighted by atomic mass is 19.1. The van der Waals surface area contributed by atoms with Gasteiger partial charge in [0.2, 0.25) is 5.88 Å². The normalized spacial score (nSPS) is 14.3. The van der Waals surface area contributed by atoms with Gasteiger partial charge in [-0.25, -0.2) is 9.37 Å². The van der Waals surface area contributed by atoms with Crippen molar-refractivity contribution in [3.8, 4) is 11.6 Å². The summed E-state index contributed by atoms with van der Waals surface area (Å²) in [6, 6.07) is 9.24.